The summed E-state index contributed by atoms with van der Waals surface area (Å²) < 4.78 is 0. The highest BCUT2D eigenvalue weighted by Crippen LogP contribution is 2.20. The minimum Gasteiger partial charge on any atom is -0.306 e. The quantitative estimate of drug-likeness (QED) is 0.602. The molecule has 1 heterocycles. The monoisotopic (exact) mass is 155 g/mol. The summed E-state index contributed by atoms with van der Waals surface area (Å²) in [6.45, 7) is 7.32. The summed E-state index contributed by atoms with van der Waals surface area (Å²) in [6.07, 6.45) is 4.32. The van der Waals surface area contributed by atoms with E-state index in [-0.39, 0.29) is 0 Å². The molecule has 0 saturated carbocycles. The number of hydrogen-bond donors (Lipinski definition) is 0. The SMILES string of the molecule is CC(C)CCCC1CN(C)C1. The Morgan fingerprint density at radius 2 is 2.00 bits per heavy atom. The Morgan fingerprint density at radius 3 is 2.45 bits per heavy atom. The number of rotatable bonds is 4. The topological polar surface area (TPSA) is 3.24 Å². The molecule has 0 unspecified atom stereocenters. The third-order valence-corrected chi connectivity index (χ3v) is 2.53. The second-order valence-electron chi connectivity index (χ2n) is 4.41. The van der Waals surface area contributed by atoms with E-state index in [1.54, 1.807) is 0 Å². The molecule has 0 aromatic heterocycles. The van der Waals surface area contributed by atoms with Crippen molar-refractivity contribution in [2.75, 3.05) is 20.1 Å². The Balaban J connectivity index is 1.89. The number of hydrogen-bond acceptors (Lipinski definition) is 1. The molecule has 0 N–H and O–H groups in total. The van der Waals surface area contributed by atoms with E-state index in [0.29, 0.717) is 0 Å². The van der Waals surface area contributed by atoms with Crippen molar-refractivity contribution in [3.8, 4) is 0 Å². The van der Waals surface area contributed by atoms with Gasteiger partial charge in [0.05, 0.1) is 0 Å². The van der Waals surface area contributed by atoms with Crippen LogP contribution in [-0.2, 0) is 0 Å². The average Bonchev–Trinajstić information content (AvgIpc) is 1.83. The van der Waals surface area contributed by atoms with Crippen molar-refractivity contribution in [2.24, 2.45) is 11.8 Å². The van der Waals surface area contributed by atoms with Gasteiger partial charge in [-0.05, 0) is 25.3 Å². The van der Waals surface area contributed by atoms with Crippen LogP contribution in [0.3, 0.4) is 0 Å². The lowest BCUT2D eigenvalue weighted by atomic mass is 9.93. The lowest BCUT2D eigenvalue weighted by Gasteiger charge is -2.36. The standard InChI is InChI=1S/C10H21N/c1-9(2)5-4-6-10-7-11(3)8-10/h9-10H,4-8H2,1-3H3. The zero-order valence-corrected chi connectivity index (χ0v) is 8.14. The van der Waals surface area contributed by atoms with Crippen LogP contribution in [-0.4, -0.2) is 25.0 Å². The minimum absolute atomic E-state index is 0.896. The van der Waals surface area contributed by atoms with Gasteiger partial charge in [-0.25, -0.2) is 0 Å². The molecule has 1 nitrogen and oxygen atoms in total. The van der Waals surface area contributed by atoms with Gasteiger partial charge in [0.2, 0.25) is 0 Å². The molecule has 1 aliphatic heterocycles. The normalized spacial score (nSPS) is 20.7. The van der Waals surface area contributed by atoms with Crippen molar-refractivity contribution in [2.45, 2.75) is 33.1 Å². The maximum Gasteiger partial charge on any atom is 0.00190 e. The van der Waals surface area contributed by atoms with Gasteiger partial charge >= 0.3 is 0 Å². The first kappa shape index (κ1) is 9.05. The van der Waals surface area contributed by atoms with E-state index in [4.69, 9.17) is 0 Å². The Bertz CT molecular complexity index is 103. The van der Waals surface area contributed by atoms with Crippen molar-refractivity contribution in [1.82, 2.24) is 4.90 Å². The molecule has 0 aromatic carbocycles. The number of likely N-dealkylation sites (tertiary alicyclic amines) is 1. The molecule has 66 valence electrons. The fourth-order valence-corrected chi connectivity index (χ4v) is 1.83. The molecule has 0 spiro atoms. The van der Waals surface area contributed by atoms with Crippen molar-refractivity contribution in [3.63, 3.8) is 0 Å². The second-order valence-corrected chi connectivity index (χ2v) is 4.41. The smallest absolute Gasteiger partial charge is 0.00190 e. The minimum atomic E-state index is 0.896. The molecule has 1 saturated heterocycles. The maximum atomic E-state index is 2.40. The van der Waals surface area contributed by atoms with E-state index in [0.717, 1.165) is 11.8 Å². The average molecular weight is 155 g/mol. The summed E-state index contributed by atoms with van der Waals surface area (Å²) in [5.41, 5.74) is 0. The molecule has 0 aliphatic carbocycles. The van der Waals surface area contributed by atoms with Crippen molar-refractivity contribution >= 4 is 0 Å². The Kier molecular flexibility index (Phi) is 3.38. The highest BCUT2D eigenvalue weighted by atomic mass is 15.2. The van der Waals surface area contributed by atoms with E-state index in [9.17, 15) is 0 Å². The molecule has 0 radical (unpaired) electrons. The predicted octanol–water partition coefficient (Wildman–Crippen LogP) is 2.37. The van der Waals surface area contributed by atoms with Gasteiger partial charge < -0.3 is 4.90 Å². The van der Waals surface area contributed by atoms with Crippen LogP contribution in [0.25, 0.3) is 0 Å². The van der Waals surface area contributed by atoms with Gasteiger partial charge in [-0.2, -0.15) is 0 Å². The maximum absolute atomic E-state index is 2.40. The molecule has 1 aliphatic rings. The van der Waals surface area contributed by atoms with Gasteiger partial charge in [-0.15, -0.1) is 0 Å². The van der Waals surface area contributed by atoms with Crippen LogP contribution in [0.2, 0.25) is 0 Å². The zero-order valence-electron chi connectivity index (χ0n) is 8.14. The molecule has 0 atom stereocenters. The van der Waals surface area contributed by atoms with Crippen LogP contribution in [0.4, 0.5) is 0 Å². The lowest BCUT2D eigenvalue weighted by molar-refractivity contribution is 0.123. The van der Waals surface area contributed by atoms with Crippen LogP contribution < -0.4 is 0 Å². The molecule has 11 heavy (non-hydrogen) atoms. The van der Waals surface area contributed by atoms with Gasteiger partial charge in [0, 0.05) is 13.1 Å². The highest BCUT2D eigenvalue weighted by molar-refractivity contribution is 4.76. The largest absolute Gasteiger partial charge is 0.306 e. The van der Waals surface area contributed by atoms with Crippen molar-refractivity contribution < 1.29 is 0 Å². The van der Waals surface area contributed by atoms with Crippen molar-refractivity contribution in [1.29, 1.82) is 0 Å². The van der Waals surface area contributed by atoms with Crippen LogP contribution in [0.15, 0.2) is 0 Å². The molecular formula is C10H21N. The Labute approximate surface area is 70.8 Å². The molecule has 0 aromatic rings. The summed E-state index contributed by atoms with van der Waals surface area (Å²) in [5, 5.41) is 0. The first-order valence-corrected chi connectivity index (χ1v) is 4.87. The predicted molar refractivity (Wildman–Crippen MR) is 49.7 cm³/mol. The van der Waals surface area contributed by atoms with Gasteiger partial charge in [-0.3, -0.25) is 0 Å². The zero-order chi connectivity index (χ0) is 8.27. The van der Waals surface area contributed by atoms with E-state index < -0.39 is 0 Å². The molecular weight excluding hydrogens is 134 g/mol. The Morgan fingerprint density at radius 1 is 1.36 bits per heavy atom. The van der Waals surface area contributed by atoms with Gasteiger partial charge in [0.1, 0.15) is 0 Å². The van der Waals surface area contributed by atoms with Crippen molar-refractivity contribution in [3.05, 3.63) is 0 Å². The van der Waals surface area contributed by atoms with Crippen LogP contribution in [0.5, 0.6) is 0 Å². The third kappa shape index (κ3) is 3.24. The van der Waals surface area contributed by atoms with Crippen LogP contribution in [0.1, 0.15) is 33.1 Å². The molecule has 1 heteroatoms. The van der Waals surface area contributed by atoms with E-state index >= 15 is 0 Å². The molecule has 0 amide bonds. The third-order valence-electron chi connectivity index (χ3n) is 2.53. The summed E-state index contributed by atoms with van der Waals surface area (Å²) in [5.74, 6) is 1.92. The summed E-state index contributed by atoms with van der Waals surface area (Å²) >= 11 is 0. The fourth-order valence-electron chi connectivity index (χ4n) is 1.83. The van der Waals surface area contributed by atoms with E-state index in [2.05, 4.69) is 25.8 Å². The first-order valence-electron chi connectivity index (χ1n) is 4.87. The summed E-state index contributed by atoms with van der Waals surface area (Å²) in [6, 6.07) is 0. The van der Waals surface area contributed by atoms with Crippen LogP contribution >= 0.6 is 0 Å². The molecule has 0 bridgehead atoms. The van der Waals surface area contributed by atoms with Gasteiger partial charge in [0.15, 0.2) is 0 Å². The summed E-state index contributed by atoms with van der Waals surface area (Å²) in [4.78, 5) is 2.40. The highest BCUT2D eigenvalue weighted by Gasteiger charge is 2.21. The Hall–Kier alpha value is -0.0400. The fraction of sp³-hybridized carbons (Fsp3) is 1.00. The van der Waals surface area contributed by atoms with Crippen LogP contribution in [0, 0.1) is 11.8 Å². The molecule has 1 rings (SSSR count). The second kappa shape index (κ2) is 4.10. The van der Waals surface area contributed by atoms with E-state index in [1.807, 2.05) is 0 Å². The van der Waals surface area contributed by atoms with E-state index in [1.165, 1.54) is 32.4 Å². The van der Waals surface area contributed by atoms with Gasteiger partial charge in [-0.1, -0.05) is 26.7 Å². The number of nitrogens with zero attached hydrogens (tertiary/aromatic N) is 1. The summed E-state index contributed by atoms with van der Waals surface area (Å²) in [7, 11) is 2.21. The lowest BCUT2D eigenvalue weighted by Crippen LogP contribution is -2.43. The van der Waals surface area contributed by atoms with Gasteiger partial charge in [0.25, 0.3) is 0 Å². The molecule has 1 fully saturated rings. The first-order chi connectivity index (χ1) is 5.18.